The maximum absolute atomic E-state index is 12.6. The van der Waals surface area contributed by atoms with Gasteiger partial charge in [0.25, 0.3) is 5.91 Å². The molecule has 6 rings (SSSR count). The van der Waals surface area contributed by atoms with Gasteiger partial charge in [-0.1, -0.05) is 42.5 Å². The van der Waals surface area contributed by atoms with Crippen molar-refractivity contribution >= 4 is 5.91 Å². The number of likely N-dealkylation sites (tertiary alicyclic amines) is 1. The first kappa shape index (κ1) is 20.3. The van der Waals surface area contributed by atoms with Gasteiger partial charge in [0, 0.05) is 19.7 Å². The molecule has 0 radical (unpaired) electrons. The summed E-state index contributed by atoms with van der Waals surface area (Å²) >= 11 is 0. The minimum absolute atomic E-state index is 0.0403. The van der Waals surface area contributed by atoms with Crippen molar-refractivity contribution in [2.75, 3.05) is 19.7 Å². The second-order valence-electron chi connectivity index (χ2n) is 9.67. The molecule has 1 spiro atoms. The number of carbonyl (C=O) groups excluding carboxylic acids is 1. The average molecular weight is 434 g/mol. The number of hydrogen-bond acceptors (Lipinski definition) is 6. The molecule has 7 heteroatoms. The van der Waals surface area contributed by atoms with Crippen LogP contribution < -0.4 is 21.9 Å². The fourth-order valence-electron chi connectivity index (χ4n) is 5.75. The van der Waals surface area contributed by atoms with Gasteiger partial charge >= 0.3 is 0 Å². The normalized spacial score (nSPS) is 27.2. The first-order chi connectivity index (χ1) is 15.7. The van der Waals surface area contributed by atoms with Crippen molar-refractivity contribution in [3.8, 4) is 11.1 Å². The van der Waals surface area contributed by atoms with Crippen molar-refractivity contribution in [3.63, 3.8) is 0 Å². The van der Waals surface area contributed by atoms with Crippen LogP contribution in [0.3, 0.4) is 0 Å². The molecule has 0 bridgehead atoms. The van der Waals surface area contributed by atoms with E-state index in [0.29, 0.717) is 11.3 Å². The number of hydrogen-bond donors (Lipinski definition) is 4. The number of nitrogens with zero attached hydrogens (tertiary/aromatic N) is 1. The number of rotatable bonds is 4. The number of nitrogens with one attached hydrogen (secondary N) is 4. The number of carbonyl (C=O) groups is 1. The molecular formula is C25H31N5O2. The quantitative estimate of drug-likeness (QED) is 0.594. The maximum atomic E-state index is 12.6. The highest BCUT2D eigenvalue weighted by molar-refractivity contribution is 5.81. The molecule has 4 fully saturated rings. The summed E-state index contributed by atoms with van der Waals surface area (Å²) in [5.74, 6) is 0.850. The van der Waals surface area contributed by atoms with Crippen LogP contribution in [0, 0.1) is 5.41 Å². The number of ether oxygens (including phenoxy) is 1. The summed E-state index contributed by atoms with van der Waals surface area (Å²) in [6, 6.07) is 17.7. The van der Waals surface area contributed by atoms with E-state index in [9.17, 15) is 4.79 Å². The van der Waals surface area contributed by atoms with Crippen LogP contribution in [-0.2, 0) is 9.53 Å². The molecule has 3 heterocycles. The Balaban J connectivity index is 1.09. The molecule has 1 aliphatic carbocycles. The Morgan fingerprint density at radius 3 is 2.47 bits per heavy atom. The van der Waals surface area contributed by atoms with E-state index in [2.05, 4.69) is 70.5 Å². The summed E-state index contributed by atoms with van der Waals surface area (Å²) < 4.78 is 5.61. The lowest BCUT2D eigenvalue weighted by Gasteiger charge is -2.34. The van der Waals surface area contributed by atoms with Crippen molar-refractivity contribution in [3.05, 3.63) is 59.7 Å². The second kappa shape index (κ2) is 8.24. The van der Waals surface area contributed by atoms with Crippen molar-refractivity contribution in [1.29, 1.82) is 0 Å². The summed E-state index contributed by atoms with van der Waals surface area (Å²) in [4.78, 5) is 14.7. The van der Waals surface area contributed by atoms with E-state index >= 15 is 0 Å². The second-order valence-corrected chi connectivity index (χ2v) is 9.67. The summed E-state index contributed by atoms with van der Waals surface area (Å²) in [5.41, 5.74) is 17.5. The van der Waals surface area contributed by atoms with Crippen LogP contribution in [-0.4, -0.2) is 36.6 Å². The molecule has 2 atom stereocenters. The van der Waals surface area contributed by atoms with Gasteiger partial charge in [-0.2, -0.15) is 11.1 Å². The predicted octanol–water partition coefficient (Wildman–Crippen LogP) is 2.74. The van der Waals surface area contributed by atoms with E-state index < -0.39 is 0 Å². The predicted molar refractivity (Wildman–Crippen MR) is 122 cm³/mol. The lowest BCUT2D eigenvalue weighted by molar-refractivity contribution is -0.142. The molecule has 4 N–H and O–H groups in total. The van der Waals surface area contributed by atoms with Gasteiger partial charge in [0.15, 0.2) is 0 Å². The summed E-state index contributed by atoms with van der Waals surface area (Å²) in [6.07, 6.45) is 5.24. The van der Waals surface area contributed by atoms with Crippen LogP contribution >= 0.6 is 0 Å². The summed E-state index contributed by atoms with van der Waals surface area (Å²) in [5, 5.41) is 0. The molecule has 3 aliphatic heterocycles. The Kier molecular flexibility index (Phi) is 5.24. The third kappa shape index (κ3) is 3.74. The maximum Gasteiger partial charge on any atom is 0.251 e. The van der Waals surface area contributed by atoms with Gasteiger partial charge in [-0.3, -0.25) is 4.79 Å². The Labute approximate surface area is 188 Å². The van der Waals surface area contributed by atoms with E-state index in [4.69, 9.17) is 4.74 Å². The highest BCUT2D eigenvalue weighted by Gasteiger charge is 2.55. The molecule has 1 saturated carbocycles. The largest absolute Gasteiger partial charge is 0.368 e. The highest BCUT2D eigenvalue weighted by Crippen LogP contribution is 2.65. The number of amides is 1. The van der Waals surface area contributed by atoms with Gasteiger partial charge in [0.2, 0.25) is 0 Å². The van der Waals surface area contributed by atoms with Crippen molar-refractivity contribution < 1.29 is 9.53 Å². The monoisotopic (exact) mass is 433 g/mol. The molecule has 32 heavy (non-hydrogen) atoms. The first-order valence-electron chi connectivity index (χ1n) is 11.8. The molecule has 168 valence electrons. The minimum atomic E-state index is -0.183. The van der Waals surface area contributed by atoms with Gasteiger partial charge in [0.05, 0.1) is 0 Å². The molecule has 3 saturated heterocycles. The topological polar surface area (TPSA) is 77.7 Å². The Morgan fingerprint density at radius 1 is 0.969 bits per heavy atom. The standard InChI is InChI=1S/C25H31N5O2/c31-24(22-5-2-14-32-22)30-12-10-25(11-13-30)16-21(25)18-8-6-17(7-9-18)19-3-1-4-20(15-19)23-26-28-29-27-23/h1,3-4,6-9,15,21-23,26-29H,2,5,10-14,16H2/t21-,22-/m1/s1. The Bertz CT molecular complexity index is 974. The minimum Gasteiger partial charge on any atom is -0.368 e. The molecular weight excluding hydrogens is 402 g/mol. The zero-order valence-corrected chi connectivity index (χ0v) is 18.3. The lowest BCUT2D eigenvalue weighted by Crippen LogP contribution is -2.44. The third-order valence-electron chi connectivity index (χ3n) is 7.83. The van der Waals surface area contributed by atoms with Gasteiger partial charge < -0.3 is 9.64 Å². The fourth-order valence-corrected chi connectivity index (χ4v) is 5.75. The van der Waals surface area contributed by atoms with E-state index in [-0.39, 0.29) is 18.2 Å². The van der Waals surface area contributed by atoms with Crippen LogP contribution in [0.4, 0.5) is 0 Å². The molecule has 2 aromatic rings. The molecule has 2 aromatic carbocycles. The molecule has 0 aromatic heterocycles. The van der Waals surface area contributed by atoms with Crippen molar-refractivity contribution in [2.45, 2.75) is 50.3 Å². The van der Waals surface area contributed by atoms with Gasteiger partial charge in [-0.15, -0.1) is 0 Å². The van der Waals surface area contributed by atoms with Crippen molar-refractivity contribution in [2.24, 2.45) is 5.41 Å². The van der Waals surface area contributed by atoms with Crippen LogP contribution in [0.25, 0.3) is 11.1 Å². The van der Waals surface area contributed by atoms with Crippen LogP contribution in [0.5, 0.6) is 0 Å². The number of benzene rings is 2. The van der Waals surface area contributed by atoms with E-state index in [1.807, 2.05) is 4.90 Å². The smallest absolute Gasteiger partial charge is 0.251 e. The molecule has 1 amide bonds. The van der Waals surface area contributed by atoms with E-state index in [1.165, 1.54) is 28.7 Å². The van der Waals surface area contributed by atoms with Gasteiger partial charge in [-0.05, 0) is 71.8 Å². The highest BCUT2D eigenvalue weighted by atomic mass is 16.5. The molecule has 4 aliphatic rings. The summed E-state index contributed by atoms with van der Waals surface area (Å²) in [7, 11) is 0. The fraction of sp³-hybridized carbons (Fsp3) is 0.480. The molecule has 7 nitrogen and oxygen atoms in total. The van der Waals surface area contributed by atoms with Crippen LogP contribution in [0.1, 0.15) is 55.3 Å². The van der Waals surface area contributed by atoms with E-state index in [0.717, 1.165) is 45.4 Å². The lowest BCUT2D eigenvalue weighted by atomic mass is 9.88. The SMILES string of the molecule is O=C([C@H]1CCCO1)N1CCC2(CC1)C[C@@H]2c1ccc(-c2cccc(C3NNNN3)c2)cc1. The zero-order chi connectivity index (χ0) is 21.5. The Morgan fingerprint density at radius 2 is 1.75 bits per heavy atom. The van der Waals surface area contributed by atoms with Crippen LogP contribution in [0.15, 0.2) is 48.5 Å². The third-order valence-corrected chi connectivity index (χ3v) is 7.83. The zero-order valence-electron chi connectivity index (χ0n) is 18.3. The average Bonchev–Trinajstić information content (AvgIpc) is 3.28. The first-order valence-corrected chi connectivity index (χ1v) is 11.8. The van der Waals surface area contributed by atoms with E-state index in [1.54, 1.807) is 0 Å². The van der Waals surface area contributed by atoms with Crippen molar-refractivity contribution in [1.82, 2.24) is 26.8 Å². The Hall–Kier alpha value is -2.29. The van der Waals surface area contributed by atoms with Crippen LogP contribution in [0.2, 0.25) is 0 Å². The molecule has 0 unspecified atom stereocenters. The van der Waals surface area contributed by atoms with Gasteiger partial charge in [0.1, 0.15) is 12.3 Å². The number of piperidine rings is 1. The number of hydrazine groups is 3. The van der Waals surface area contributed by atoms with Gasteiger partial charge in [-0.25, -0.2) is 10.9 Å². The summed E-state index contributed by atoms with van der Waals surface area (Å²) in [6.45, 7) is 2.50.